The lowest BCUT2D eigenvalue weighted by Gasteiger charge is -2.20. The van der Waals surface area contributed by atoms with E-state index in [4.69, 9.17) is 0 Å². The largest absolute Gasteiger partial charge is 0.390 e. The molecular formula is C19H40O. The van der Waals surface area contributed by atoms with Gasteiger partial charge in [-0.1, -0.05) is 79.1 Å². The molecule has 0 unspecified atom stereocenters. The van der Waals surface area contributed by atoms with Gasteiger partial charge in [0.15, 0.2) is 0 Å². The Morgan fingerprint density at radius 2 is 1.35 bits per heavy atom. The summed E-state index contributed by atoms with van der Waals surface area (Å²) in [5.74, 6) is 1.76. The van der Waals surface area contributed by atoms with E-state index in [1.54, 1.807) is 0 Å². The molecule has 0 aromatic heterocycles. The fourth-order valence-electron chi connectivity index (χ4n) is 2.98. The summed E-state index contributed by atoms with van der Waals surface area (Å²) in [6, 6.07) is 0. The van der Waals surface area contributed by atoms with E-state index in [0.29, 0.717) is 0 Å². The van der Waals surface area contributed by atoms with Gasteiger partial charge in [0.1, 0.15) is 0 Å². The van der Waals surface area contributed by atoms with Crippen LogP contribution in [0.25, 0.3) is 0 Å². The maximum Gasteiger partial charge on any atom is 0.0617 e. The van der Waals surface area contributed by atoms with Crippen molar-refractivity contribution in [1.82, 2.24) is 0 Å². The fourth-order valence-corrected chi connectivity index (χ4v) is 2.98. The predicted molar refractivity (Wildman–Crippen MR) is 91.1 cm³/mol. The minimum atomic E-state index is -0.424. The van der Waals surface area contributed by atoms with Gasteiger partial charge in [0.05, 0.1) is 5.60 Å². The Balaban J connectivity index is 3.25. The molecule has 0 aromatic rings. The molecule has 0 radical (unpaired) electrons. The van der Waals surface area contributed by atoms with E-state index < -0.39 is 5.60 Å². The van der Waals surface area contributed by atoms with E-state index in [1.807, 2.05) is 6.92 Å². The Hall–Kier alpha value is -0.0400. The second-order valence-electron chi connectivity index (χ2n) is 7.60. The average Bonchev–Trinajstić information content (AvgIpc) is 2.36. The fraction of sp³-hybridized carbons (Fsp3) is 1.00. The van der Waals surface area contributed by atoms with Crippen LogP contribution in [0.5, 0.6) is 0 Å². The van der Waals surface area contributed by atoms with E-state index in [0.717, 1.165) is 24.7 Å². The summed E-state index contributed by atoms with van der Waals surface area (Å²) < 4.78 is 0. The van der Waals surface area contributed by atoms with Crippen molar-refractivity contribution in [2.75, 3.05) is 0 Å². The number of hydrogen-bond acceptors (Lipinski definition) is 1. The zero-order valence-corrected chi connectivity index (χ0v) is 14.9. The molecule has 2 atom stereocenters. The molecule has 1 N–H and O–H groups in total. The molecule has 0 aliphatic rings. The molecule has 0 amide bonds. The lowest BCUT2D eigenvalue weighted by Crippen LogP contribution is -2.22. The van der Waals surface area contributed by atoms with E-state index in [-0.39, 0.29) is 0 Å². The van der Waals surface area contributed by atoms with Gasteiger partial charge >= 0.3 is 0 Å². The molecule has 0 fully saturated rings. The maximum absolute atomic E-state index is 9.91. The molecule has 1 nitrogen and oxygen atoms in total. The molecular weight excluding hydrogens is 244 g/mol. The number of rotatable bonds is 13. The topological polar surface area (TPSA) is 20.2 Å². The third kappa shape index (κ3) is 13.0. The number of aliphatic hydroxyl groups is 1. The molecule has 0 heterocycles. The maximum atomic E-state index is 9.91. The highest BCUT2D eigenvalue weighted by Crippen LogP contribution is 2.20. The van der Waals surface area contributed by atoms with Crippen LogP contribution in [0.1, 0.15) is 105 Å². The molecule has 20 heavy (non-hydrogen) atoms. The van der Waals surface area contributed by atoms with Crippen molar-refractivity contribution >= 4 is 0 Å². The van der Waals surface area contributed by atoms with Crippen LogP contribution >= 0.6 is 0 Å². The third-order valence-electron chi connectivity index (χ3n) is 4.55. The quantitative estimate of drug-likeness (QED) is 0.391. The summed E-state index contributed by atoms with van der Waals surface area (Å²) in [5, 5.41) is 9.91. The normalized spacial score (nSPS) is 16.4. The van der Waals surface area contributed by atoms with Crippen LogP contribution in [0, 0.1) is 11.8 Å². The van der Waals surface area contributed by atoms with Gasteiger partial charge in [0, 0.05) is 0 Å². The molecule has 0 aliphatic heterocycles. The predicted octanol–water partition coefficient (Wildman–Crippen LogP) is 6.34. The summed E-state index contributed by atoms with van der Waals surface area (Å²) in [5.41, 5.74) is -0.424. The molecule has 0 aliphatic carbocycles. The molecule has 0 rings (SSSR count). The first-order valence-corrected chi connectivity index (χ1v) is 9.09. The van der Waals surface area contributed by atoms with Gasteiger partial charge in [-0.3, -0.25) is 0 Å². The summed E-state index contributed by atoms with van der Waals surface area (Å²) >= 11 is 0. The lowest BCUT2D eigenvalue weighted by atomic mass is 9.93. The molecule has 122 valence electrons. The second-order valence-corrected chi connectivity index (χ2v) is 7.60. The highest BCUT2D eigenvalue weighted by molar-refractivity contribution is 4.69. The van der Waals surface area contributed by atoms with Crippen LogP contribution in [0.4, 0.5) is 0 Å². The Morgan fingerprint density at radius 1 is 0.850 bits per heavy atom. The molecule has 0 aromatic carbocycles. The van der Waals surface area contributed by atoms with Crippen molar-refractivity contribution in [2.24, 2.45) is 11.8 Å². The first-order valence-electron chi connectivity index (χ1n) is 9.09. The van der Waals surface area contributed by atoms with Crippen molar-refractivity contribution in [3.8, 4) is 0 Å². The van der Waals surface area contributed by atoms with E-state index in [9.17, 15) is 5.11 Å². The monoisotopic (exact) mass is 284 g/mol. The first-order chi connectivity index (χ1) is 9.37. The first kappa shape index (κ1) is 20.0. The zero-order valence-electron chi connectivity index (χ0n) is 14.9. The van der Waals surface area contributed by atoms with E-state index in [2.05, 4.69) is 27.7 Å². The van der Waals surface area contributed by atoms with Gasteiger partial charge in [-0.25, -0.2) is 0 Å². The van der Waals surface area contributed by atoms with Crippen molar-refractivity contribution < 1.29 is 5.11 Å². The number of unbranched alkanes of at least 4 members (excludes halogenated alkanes) is 6. The highest BCUT2D eigenvalue weighted by Gasteiger charge is 2.15. The smallest absolute Gasteiger partial charge is 0.0617 e. The van der Waals surface area contributed by atoms with Crippen LogP contribution in [0.3, 0.4) is 0 Å². The van der Waals surface area contributed by atoms with Crippen LogP contribution in [-0.2, 0) is 0 Å². The summed E-state index contributed by atoms with van der Waals surface area (Å²) in [6.07, 6.45) is 14.1. The van der Waals surface area contributed by atoms with E-state index in [1.165, 1.54) is 57.8 Å². The summed E-state index contributed by atoms with van der Waals surface area (Å²) in [4.78, 5) is 0. The zero-order chi connectivity index (χ0) is 15.4. The minimum absolute atomic E-state index is 0.424. The SMILES string of the molecule is CC[C@@](C)(O)CCCCCCCCC[C@H](C)CC(C)C. The van der Waals surface area contributed by atoms with Crippen LogP contribution in [0.15, 0.2) is 0 Å². The number of hydrogen-bond donors (Lipinski definition) is 1. The third-order valence-corrected chi connectivity index (χ3v) is 4.55. The molecule has 0 bridgehead atoms. The molecule has 0 spiro atoms. The van der Waals surface area contributed by atoms with E-state index >= 15 is 0 Å². The summed E-state index contributed by atoms with van der Waals surface area (Å²) in [6.45, 7) is 11.1. The van der Waals surface area contributed by atoms with Crippen LogP contribution in [-0.4, -0.2) is 10.7 Å². The Morgan fingerprint density at radius 3 is 1.85 bits per heavy atom. The van der Waals surface area contributed by atoms with Gasteiger partial charge in [0.2, 0.25) is 0 Å². The van der Waals surface area contributed by atoms with Gasteiger partial charge in [-0.15, -0.1) is 0 Å². The van der Waals surface area contributed by atoms with Gasteiger partial charge in [0.25, 0.3) is 0 Å². The van der Waals surface area contributed by atoms with Crippen LogP contribution < -0.4 is 0 Å². The Bertz CT molecular complexity index is 208. The second kappa shape index (κ2) is 11.6. The standard InChI is InChI=1S/C19H40O/c1-6-19(5,20)15-13-11-9-7-8-10-12-14-18(4)16-17(2)3/h17-18,20H,6-16H2,1-5H3/t18-,19+/m0/s1. The molecule has 0 saturated heterocycles. The Labute approximate surface area is 128 Å². The van der Waals surface area contributed by atoms with Gasteiger partial charge < -0.3 is 5.11 Å². The van der Waals surface area contributed by atoms with Gasteiger partial charge in [-0.2, -0.15) is 0 Å². The summed E-state index contributed by atoms with van der Waals surface area (Å²) in [7, 11) is 0. The Kier molecular flexibility index (Phi) is 11.6. The van der Waals surface area contributed by atoms with Crippen molar-refractivity contribution in [3.05, 3.63) is 0 Å². The lowest BCUT2D eigenvalue weighted by molar-refractivity contribution is 0.0442. The molecule has 1 heteroatoms. The van der Waals surface area contributed by atoms with Crippen LogP contribution in [0.2, 0.25) is 0 Å². The van der Waals surface area contributed by atoms with Gasteiger partial charge in [-0.05, 0) is 38.0 Å². The molecule has 0 saturated carbocycles. The highest BCUT2D eigenvalue weighted by atomic mass is 16.3. The van der Waals surface area contributed by atoms with Crippen molar-refractivity contribution in [3.63, 3.8) is 0 Å². The van der Waals surface area contributed by atoms with Crippen molar-refractivity contribution in [1.29, 1.82) is 0 Å². The van der Waals surface area contributed by atoms with Crippen molar-refractivity contribution in [2.45, 2.75) is 111 Å². The average molecular weight is 285 g/mol. The minimum Gasteiger partial charge on any atom is -0.390 e.